The highest BCUT2D eigenvalue weighted by Gasteiger charge is 2.40. The number of fused-ring (bicyclic) bond motifs is 1. The first-order chi connectivity index (χ1) is 12.4. The van der Waals surface area contributed by atoms with Crippen LogP contribution in [0.25, 0.3) is 0 Å². The second-order valence-electron chi connectivity index (χ2n) is 7.69. The summed E-state index contributed by atoms with van der Waals surface area (Å²) in [6.07, 6.45) is 0.658. The van der Waals surface area contributed by atoms with Gasteiger partial charge in [0, 0.05) is 44.2 Å². The van der Waals surface area contributed by atoms with E-state index < -0.39 is 6.04 Å². The van der Waals surface area contributed by atoms with E-state index in [4.69, 9.17) is 5.73 Å². The molecule has 3 aliphatic heterocycles. The predicted molar refractivity (Wildman–Crippen MR) is 94.9 cm³/mol. The van der Waals surface area contributed by atoms with Gasteiger partial charge in [0.15, 0.2) is 0 Å². The summed E-state index contributed by atoms with van der Waals surface area (Å²) in [5.74, 6) is -0.303. The molecule has 7 nitrogen and oxygen atoms in total. The number of likely N-dealkylation sites (tertiary alicyclic amines) is 1. The number of hydrogen-bond acceptors (Lipinski definition) is 5. The third kappa shape index (κ3) is 2.91. The predicted octanol–water partition coefficient (Wildman–Crippen LogP) is 0.227. The van der Waals surface area contributed by atoms with Crippen molar-refractivity contribution in [2.45, 2.75) is 44.9 Å². The first kappa shape index (κ1) is 17.2. The number of carbonyl (C=O) groups is 3. The van der Waals surface area contributed by atoms with Crippen LogP contribution in [-0.2, 0) is 22.7 Å². The third-order valence-corrected chi connectivity index (χ3v) is 5.78. The van der Waals surface area contributed by atoms with Crippen molar-refractivity contribution in [2.75, 3.05) is 13.1 Å². The Kier molecular flexibility index (Phi) is 4.28. The quantitative estimate of drug-likeness (QED) is 0.756. The fraction of sp³-hybridized carbons (Fsp3) is 0.526. The van der Waals surface area contributed by atoms with E-state index in [9.17, 15) is 14.4 Å². The second kappa shape index (κ2) is 6.48. The highest BCUT2D eigenvalue weighted by Crippen LogP contribution is 2.31. The smallest absolute Gasteiger partial charge is 0.255 e. The van der Waals surface area contributed by atoms with E-state index in [1.807, 2.05) is 18.2 Å². The minimum Gasteiger partial charge on any atom is -0.326 e. The molecule has 0 saturated carbocycles. The van der Waals surface area contributed by atoms with Crippen LogP contribution in [0.5, 0.6) is 0 Å². The maximum atomic E-state index is 13.1. The van der Waals surface area contributed by atoms with Gasteiger partial charge in [0.1, 0.15) is 6.04 Å². The van der Waals surface area contributed by atoms with E-state index in [1.54, 1.807) is 4.90 Å². The highest BCUT2D eigenvalue weighted by atomic mass is 16.2. The second-order valence-corrected chi connectivity index (χ2v) is 7.69. The van der Waals surface area contributed by atoms with Crippen LogP contribution in [0.15, 0.2) is 18.2 Å². The minimum absolute atomic E-state index is 0.110. The highest BCUT2D eigenvalue weighted by molar-refractivity contribution is 6.05. The van der Waals surface area contributed by atoms with E-state index in [0.29, 0.717) is 31.0 Å². The van der Waals surface area contributed by atoms with Gasteiger partial charge in [-0.3, -0.25) is 24.6 Å². The standard InChI is InChI=1S/C19H24N4O3/c1-11-7-22(10-14(11)20)8-12-3-2-4-13-9-23(19(26)17(12)13)15-5-6-16(24)21-18(15)25/h2-4,11,14-15H,5-10,20H2,1H3,(H,21,24,25). The molecule has 3 aliphatic rings. The van der Waals surface area contributed by atoms with Gasteiger partial charge in [0.05, 0.1) is 0 Å². The van der Waals surface area contributed by atoms with Gasteiger partial charge in [0.25, 0.3) is 5.91 Å². The van der Waals surface area contributed by atoms with Gasteiger partial charge in [-0.15, -0.1) is 0 Å². The van der Waals surface area contributed by atoms with Crippen LogP contribution in [0, 0.1) is 5.92 Å². The Morgan fingerprint density at radius 3 is 2.73 bits per heavy atom. The zero-order valence-electron chi connectivity index (χ0n) is 14.9. The Hall–Kier alpha value is -2.25. The molecule has 0 bridgehead atoms. The molecular formula is C19H24N4O3. The van der Waals surface area contributed by atoms with Crippen molar-refractivity contribution in [3.8, 4) is 0 Å². The molecule has 26 heavy (non-hydrogen) atoms. The van der Waals surface area contributed by atoms with E-state index in [0.717, 1.165) is 24.2 Å². The minimum atomic E-state index is -0.569. The van der Waals surface area contributed by atoms with Gasteiger partial charge in [-0.05, 0) is 23.5 Å². The Labute approximate surface area is 152 Å². The summed E-state index contributed by atoms with van der Waals surface area (Å²) >= 11 is 0. The summed E-state index contributed by atoms with van der Waals surface area (Å²) < 4.78 is 0. The topological polar surface area (TPSA) is 95.7 Å². The number of imide groups is 1. The number of nitrogens with zero attached hydrogens (tertiary/aromatic N) is 2. The molecule has 0 radical (unpaired) electrons. The van der Waals surface area contributed by atoms with Gasteiger partial charge in [-0.1, -0.05) is 25.1 Å². The molecule has 0 aromatic heterocycles. The van der Waals surface area contributed by atoms with Crippen LogP contribution in [-0.4, -0.2) is 52.7 Å². The summed E-state index contributed by atoms with van der Waals surface area (Å²) in [4.78, 5) is 40.5. The third-order valence-electron chi connectivity index (χ3n) is 5.78. The molecule has 1 aromatic carbocycles. The van der Waals surface area contributed by atoms with Crippen molar-refractivity contribution in [3.63, 3.8) is 0 Å². The number of benzene rings is 1. The van der Waals surface area contributed by atoms with Crippen molar-refractivity contribution in [3.05, 3.63) is 34.9 Å². The number of piperidine rings is 1. The van der Waals surface area contributed by atoms with E-state index >= 15 is 0 Å². The average molecular weight is 356 g/mol. The SMILES string of the molecule is CC1CN(Cc2cccc3c2C(=O)N(C2CCC(=O)NC2=O)C3)CC1N. The molecule has 3 N–H and O–H groups in total. The number of rotatable bonds is 3. The lowest BCUT2D eigenvalue weighted by molar-refractivity contribution is -0.136. The molecular weight excluding hydrogens is 332 g/mol. The molecule has 0 aliphatic carbocycles. The van der Waals surface area contributed by atoms with E-state index in [-0.39, 0.29) is 30.2 Å². The molecule has 7 heteroatoms. The molecule has 1 aromatic rings. The van der Waals surface area contributed by atoms with Crippen LogP contribution >= 0.6 is 0 Å². The fourth-order valence-electron chi connectivity index (χ4n) is 4.29. The number of amides is 3. The number of hydrogen-bond donors (Lipinski definition) is 2. The monoisotopic (exact) mass is 356 g/mol. The van der Waals surface area contributed by atoms with Crippen molar-refractivity contribution in [1.29, 1.82) is 0 Å². The molecule has 3 amide bonds. The molecule has 2 fully saturated rings. The maximum Gasteiger partial charge on any atom is 0.255 e. The van der Waals surface area contributed by atoms with Gasteiger partial charge >= 0.3 is 0 Å². The summed E-state index contributed by atoms with van der Waals surface area (Å²) in [6, 6.07) is 5.50. The van der Waals surface area contributed by atoms with Gasteiger partial charge < -0.3 is 10.6 Å². The maximum absolute atomic E-state index is 13.1. The van der Waals surface area contributed by atoms with Crippen molar-refractivity contribution < 1.29 is 14.4 Å². The fourth-order valence-corrected chi connectivity index (χ4v) is 4.29. The van der Waals surface area contributed by atoms with Crippen LogP contribution in [0.2, 0.25) is 0 Å². The van der Waals surface area contributed by atoms with Gasteiger partial charge in [0.2, 0.25) is 11.8 Å². The van der Waals surface area contributed by atoms with Gasteiger partial charge in [-0.2, -0.15) is 0 Å². The van der Waals surface area contributed by atoms with Crippen molar-refractivity contribution in [2.24, 2.45) is 11.7 Å². The summed E-state index contributed by atoms with van der Waals surface area (Å²) in [5, 5.41) is 2.34. The van der Waals surface area contributed by atoms with Crippen molar-refractivity contribution >= 4 is 17.7 Å². The lowest BCUT2D eigenvalue weighted by Crippen LogP contribution is -2.52. The number of nitrogens with two attached hydrogens (primary N) is 1. The molecule has 0 spiro atoms. The summed E-state index contributed by atoms with van der Waals surface area (Å²) in [5.41, 5.74) is 8.77. The molecule has 3 atom stereocenters. The van der Waals surface area contributed by atoms with Crippen molar-refractivity contribution in [1.82, 2.24) is 15.1 Å². The lowest BCUT2D eigenvalue weighted by Gasteiger charge is -2.29. The number of carbonyl (C=O) groups excluding carboxylic acids is 3. The largest absolute Gasteiger partial charge is 0.326 e. The molecule has 4 rings (SSSR count). The Balaban J connectivity index is 1.55. The zero-order chi connectivity index (χ0) is 18.4. The average Bonchev–Trinajstić information content (AvgIpc) is 3.08. The first-order valence-electron chi connectivity index (χ1n) is 9.17. The Morgan fingerprint density at radius 2 is 2.04 bits per heavy atom. The molecule has 2 saturated heterocycles. The molecule has 138 valence electrons. The van der Waals surface area contributed by atoms with Gasteiger partial charge in [-0.25, -0.2) is 0 Å². The van der Waals surface area contributed by atoms with Crippen LogP contribution in [0.3, 0.4) is 0 Å². The normalized spacial score (nSPS) is 29.2. The van der Waals surface area contributed by atoms with E-state index in [1.165, 1.54) is 0 Å². The van der Waals surface area contributed by atoms with Crippen LogP contribution in [0.1, 0.15) is 41.3 Å². The molecule has 3 heterocycles. The number of nitrogens with one attached hydrogen (secondary N) is 1. The zero-order valence-corrected chi connectivity index (χ0v) is 14.9. The summed E-state index contributed by atoms with van der Waals surface area (Å²) in [7, 11) is 0. The van der Waals surface area contributed by atoms with Crippen LogP contribution < -0.4 is 11.1 Å². The Morgan fingerprint density at radius 1 is 1.23 bits per heavy atom. The Bertz CT molecular complexity index is 768. The summed E-state index contributed by atoms with van der Waals surface area (Å²) in [6.45, 7) is 5.02. The lowest BCUT2D eigenvalue weighted by atomic mass is 10.0. The first-order valence-corrected chi connectivity index (χ1v) is 9.17. The van der Waals surface area contributed by atoms with E-state index in [2.05, 4.69) is 17.1 Å². The molecule has 3 unspecified atom stereocenters. The van der Waals surface area contributed by atoms with Crippen LogP contribution in [0.4, 0.5) is 0 Å².